The Balaban J connectivity index is -0.000000196. The van der Waals surface area contributed by atoms with Crippen LogP contribution in [0.5, 0.6) is 11.5 Å². The fraction of sp³-hybridized carbons (Fsp3) is 0. The van der Waals surface area contributed by atoms with E-state index in [0.29, 0.717) is 11.5 Å². The molecule has 0 heterocycles. The third-order valence-electron chi connectivity index (χ3n) is 1.51. The van der Waals surface area contributed by atoms with Crippen molar-refractivity contribution in [1.29, 1.82) is 0 Å². The molecule has 0 aliphatic heterocycles. The maximum absolute atomic E-state index is 8.63. The Morgan fingerprint density at radius 3 is 0.882 bits per heavy atom. The van der Waals surface area contributed by atoms with Crippen molar-refractivity contribution in [3.63, 3.8) is 0 Å². The van der Waals surface area contributed by atoms with Gasteiger partial charge in [-0.25, -0.2) is 0 Å². The van der Waals surface area contributed by atoms with Gasteiger partial charge >= 0.3 is 78.0 Å². The van der Waals surface area contributed by atoms with Crippen LogP contribution >= 0.6 is 0 Å². The van der Waals surface area contributed by atoms with E-state index in [1.807, 2.05) is 12.1 Å². The normalized spacial score (nSPS) is 7.06. The molecule has 0 radical (unpaired) electrons. The van der Waals surface area contributed by atoms with Gasteiger partial charge in [-0.15, -0.1) is 0 Å². The summed E-state index contributed by atoms with van der Waals surface area (Å²) in [5.74, 6) is 0.644. The van der Waals surface area contributed by atoms with Crippen molar-refractivity contribution in [2.75, 3.05) is 0 Å². The van der Waals surface area contributed by atoms with Crippen molar-refractivity contribution in [2.45, 2.75) is 0 Å². The van der Waals surface area contributed by atoms with Crippen LogP contribution in [0, 0.1) is 0 Å². The van der Waals surface area contributed by atoms with Crippen LogP contribution in [0.1, 0.15) is 0 Å². The Morgan fingerprint density at radius 1 is 0.529 bits per heavy atom. The first-order valence-corrected chi connectivity index (χ1v) is 4.27. The van der Waals surface area contributed by atoms with Gasteiger partial charge in [0.1, 0.15) is 11.5 Å². The van der Waals surface area contributed by atoms with Crippen molar-refractivity contribution >= 4 is 0 Å². The maximum Gasteiger partial charge on any atom is 1.00 e. The van der Waals surface area contributed by atoms with Gasteiger partial charge < -0.3 is 10.2 Å². The van der Waals surface area contributed by atoms with Crippen molar-refractivity contribution < 1.29 is 88.2 Å². The minimum Gasteiger partial charge on any atom is -0.508 e. The molecular formula is C12H12LiNa2O2+3. The second-order valence-electron chi connectivity index (χ2n) is 2.67. The molecule has 2 rings (SSSR count). The molecule has 0 amide bonds. The number of benzene rings is 2. The third-order valence-corrected chi connectivity index (χ3v) is 1.51. The molecule has 0 atom stereocenters. The molecule has 0 aliphatic rings. The van der Waals surface area contributed by atoms with E-state index in [1.54, 1.807) is 48.5 Å². The van der Waals surface area contributed by atoms with Gasteiger partial charge in [0.2, 0.25) is 0 Å². The number of phenols is 2. The third kappa shape index (κ3) is 12.9. The number of rotatable bonds is 0. The Kier molecular flexibility index (Phi) is 19.7. The summed E-state index contributed by atoms with van der Waals surface area (Å²) in [4.78, 5) is 0. The first-order valence-electron chi connectivity index (χ1n) is 4.27. The number of phenolic OH excluding ortho intramolecular Hbond substituents is 2. The van der Waals surface area contributed by atoms with Crippen molar-refractivity contribution in [3.05, 3.63) is 60.7 Å². The Labute approximate surface area is 158 Å². The summed E-state index contributed by atoms with van der Waals surface area (Å²) >= 11 is 0. The van der Waals surface area contributed by atoms with Crippen molar-refractivity contribution in [2.24, 2.45) is 0 Å². The molecule has 2 aromatic carbocycles. The molecule has 0 saturated heterocycles. The standard InChI is InChI=1S/2C6H6O.Li.2Na/c2*7-6-4-2-1-3-5-6;;;/h2*1-5,7H;;;/q;;3*+1. The topological polar surface area (TPSA) is 40.5 Å². The van der Waals surface area contributed by atoms with E-state index in [4.69, 9.17) is 10.2 Å². The molecule has 72 valence electrons. The van der Waals surface area contributed by atoms with Gasteiger partial charge in [-0.1, -0.05) is 36.4 Å². The van der Waals surface area contributed by atoms with Gasteiger partial charge in [0, 0.05) is 0 Å². The average Bonchev–Trinajstić information content (AvgIpc) is 2.21. The number of para-hydroxylation sites is 2. The van der Waals surface area contributed by atoms with E-state index >= 15 is 0 Å². The molecule has 2 nitrogen and oxygen atoms in total. The molecule has 0 fully saturated rings. The van der Waals surface area contributed by atoms with Gasteiger partial charge in [0.05, 0.1) is 0 Å². The molecule has 5 heteroatoms. The zero-order valence-electron chi connectivity index (χ0n) is 10.7. The number of hydrogen-bond donors (Lipinski definition) is 2. The molecule has 0 spiro atoms. The first kappa shape index (κ1) is 22.8. The van der Waals surface area contributed by atoms with Crippen LogP contribution in [-0.2, 0) is 0 Å². The molecule has 2 aromatic rings. The van der Waals surface area contributed by atoms with E-state index in [9.17, 15) is 0 Å². The van der Waals surface area contributed by atoms with Gasteiger partial charge in [0.25, 0.3) is 0 Å². The van der Waals surface area contributed by atoms with Gasteiger partial charge in [-0.3, -0.25) is 0 Å². The van der Waals surface area contributed by atoms with E-state index in [1.165, 1.54) is 0 Å². The second-order valence-corrected chi connectivity index (χ2v) is 2.67. The molecule has 0 bridgehead atoms. The zero-order valence-corrected chi connectivity index (χ0v) is 14.7. The Bertz CT molecular complexity index is 320. The summed E-state index contributed by atoms with van der Waals surface area (Å²) in [6.07, 6.45) is 0. The van der Waals surface area contributed by atoms with Crippen LogP contribution in [0.15, 0.2) is 60.7 Å². The van der Waals surface area contributed by atoms with E-state index in [2.05, 4.69) is 0 Å². The summed E-state index contributed by atoms with van der Waals surface area (Å²) < 4.78 is 0. The average molecular weight is 241 g/mol. The fourth-order valence-corrected chi connectivity index (χ4v) is 0.856. The summed E-state index contributed by atoms with van der Waals surface area (Å²) in [6.45, 7) is 0. The number of hydrogen-bond acceptors (Lipinski definition) is 2. The van der Waals surface area contributed by atoms with Gasteiger partial charge in [0.15, 0.2) is 0 Å². The smallest absolute Gasteiger partial charge is 0.508 e. The SMILES string of the molecule is Oc1ccccc1.Oc1ccccc1.[Li+].[Na+].[Na+]. The van der Waals surface area contributed by atoms with Crippen LogP contribution in [-0.4, -0.2) is 10.2 Å². The first-order chi connectivity index (χ1) is 6.79. The van der Waals surface area contributed by atoms with Crippen LogP contribution in [0.3, 0.4) is 0 Å². The van der Waals surface area contributed by atoms with Crippen LogP contribution in [0.2, 0.25) is 0 Å². The van der Waals surface area contributed by atoms with Gasteiger partial charge in [-0.2, -0.15) is 0 Å². The second kappa shape index (κ2) is 14.7. The minimum absolute atomic E-state index is 0. The van der Waals surface area contributed by atoms with E-state index in [-0.39, 0.29) is 78.0 Å². The monoisotopic (exact) mass is 241 g/mol. The maximum atomic E-state index is 8.63. The molecular weight excluding hydrogens is 229 g/mol. The fourth-order valence-electron chi connectivity index (χ4n) is 0.856. The molecule has 0 aliphatic carbocycles. The predicted molar refractivity (Wildman–Crippen MR) is 56.2 cm³/mol. The summed E-state index contributed by atoms with van der Waals surface area (Å²) in [6, 6.07) is 17.4. The Morgan fingerprint density at radius 2 is 0.765 bits per heavy atom. The quantitative estimate of drug-likeness (QED) is 0.451. The summed E-state index contributed by atoms with van der Waals surface area (Å²) in [7, 11) is 0. The van der Waals surface area contributed by atoms with E-state index < -0.39 is 0 Å². The van der Waals surface area contributed by atoms with Crippen LogP contribution < -0.4 is 78.0 Å². The predicted octanol–water partition coefficient (Wildman–Crippen LogP) is -6.20. The molecule has 0 unspecified atom stereocenters. The zero-order chi connectivity index (χ0) is 10.2. The summed E-state index contributed by atoms with van der Waals surface area (Å²) in [5.41, 5.74) is 0. The van der Waals surface area contributed by atoms with Crippen LogP contribution in [0.25, 0.3) is 0 Å². The number of aromatic hydroxyl groups is 2. The van der Waals surface area contributed by atoms with Crippen molar-refractivity contribution in [1.82, 2.24) is 0 Å². The molecule has 17 heavy (non-hydrogen) atoms. The van der Waals surface area contributed by atoms with Crippen LogP contribution in [0.4, 0.5) is 0 Å². The van der Waals surface area contributed by atoms with E-state index in [0.717, 1.165) is 0 Å². The summed E-state index contributed by atoms with van der Waals surface area (Å²) in [5, 5.41) is 17.3. The molecule has 0 saturated carbocycles. The van der Waals surface area contributed by atoms with Gasteiger partial charge in [-0.05, 0) is 24.3 Å². The molecule has 0 aromatic heterocycles. The van der Waals surface area contributed by atoms with Crippen molar-refractivity contribution in [3.8, 4) is 11.5 Å². The molecule has 2 N–H and O–H groups in total. The largest absolute Gasteiger partial charge is 1.00 e. The Hall–Kier alpha value is 0.637. The minimum atomic E-state index is 0.